The molecule has 2 amide bonds. The average molecular weight is 548 g/mol. The van der Waals surface area contributed by atoms with Gasteiger partial charge in [-0.25, -0.2) is 0 Å². The molecule has 4 aromatic rings. The number of aromatic amines is 1. The maximum absolute atomic E-state index is 13.3. The number of thioether (sulfide) groups is 1. The van der Waals surface area contributed by atoms with Crippen molar-refractivity contribution >= 4 is 64.3 Å². The van der Waals surface area contributed by atoms with Gasteiger partial charge in [0.2, 0.25) is 0 Å². The largest absolute Gasteiger partial charge is 0.457 e. The summed E-state index contributed by atoms with van der Waals surface area (Å²) in [5.41, 5.74) is 1.85. The molecule has 1 aromatic heterocycles. The number of nitrogens with zero attached hydrogens (tertiary/aromatic N) is 3. The zero-order chi connectivity index (χ0) is 25.8. The maximum atomic E-state index is 13.3. The Balaban J connectivity index is 1.30. The lowest BCUT2D eigenvalue weighted by atomic mass is 10.1. The molecule has 8 nitrogen and oxygen atoms in total. The molecule has 11 heteroatoms. The number of rotatable bonds is 7. The Morgan fingerprint density at radius 2 is 1.65 bits per heavy atom. The Labute approximate surface area is 226 Å². The topological polar surface area (TPSA) is 100 Å². The maximum Gasteiger partial charge on any atom is 0.270 e. The summed E-state index contributed by atoms with van der Waals surface area (Å²) in [7, 11) is 0. The Hall–Kier alpha value is -3.99. The van der Waals surface area contributed by atoms with Crippen LogP contribution >= 0.6 is 35.6 Å². The van der Waals surface area contributed by atoms with Gasteiger partial charge in [-0.05, 0) is 72.4 Å². The van der Waals surface area contributed by atoms with Gasteiger partial charge in [0.05, 0.1) is 5.69 Å². The molecule has 3 aromatic carbocycles. The van der Waals surface area contributed by atoms with Gasteiger partial charge in [-0.1, -0.05) is 41.9 Å². The fraction of sp³-hybridized carbons (Fsp3) is 0.0385. The van der Waals surface area contributed by atoms with Gasteiger partial charge in [0.1, 0.15) is 22.8 Å². The second-order valence-electron chi connectivity index (χ2n) is 7.79. The summed E-state index contributed by atoms with van der Waals surface area (Å²) in [5, 5.41) is 13.2. The number of thiocarbonyl (C=S) groups is 1. The average Bonchev–Trinajstić information content (AvgIpc) is 3.32. The summed E-state index contributed by atoms with van der Waals surface area (Å²) >= 11 is 12.8. The van der Waals surface area contributed by atoms with Crippen molar-refractivity contribution in [2.24, 2.45) is 0 Å². The molecule has 1 aliphatic rings. The third-order valence-electron chi connectivity index (χ3n) is 5.31. The highest BCUT2D eigenvalue weighted by Gasteiger charge is 2.34. The molecule has 37 heavy (non-hydrogen) atoms. The third-order valence-corrected chi connectivity index (χ3v) is 6.92. The van der Waals surface area contributed by atoms with Crippen LogP contribution < -0.4 is 15.0 Å². The fourth-order valence-corrected chi connectivity index (χ4v) is 4.83. The van der Waals surface area contributed by atoms with Gasteiger partial charge in [-0.2, -0.15) is 10.3 Å². The summed E-state index contributed by atoms with van der Waals surface area (Å²) in [6.45, 7) is 0. The first-order chi connectivity index (χ1) is 18.0. The number of hydrogen-bond donors (Lipinski definition) is 2. The molecule has 1 saturated heterocycles. The number of nitrogens with one attached hydrogen (secondary N) is 2. The number of carbonyl (C=O) groups excluding carboxylic acids is 2. The summed E-state index contributed by atoms with van der Waals surface area (Å²) in [4.78, 5) is 28.2. The highest BCUT2D eigenvalue weighted by atomic mass is 35.5. The van der Waals surface area contributed by atoms with Crippen LogP contribution in [0.3, 0.4) is 0 Å². The van der Waals surface area contributed by atoms with Crippen LogP contribution in [0.4, 0.5) is 5.69 Å². The molecule has 0 spiro atoms. The highest BCUT2D eigenvalue weighted by molar-refractivity contribution is 7.98. The zero-order valence-corrected chi connectivity index (χ0v) is 21.4. The monoisotopic (exact) mass is 547 g/mol. The lowest BCUT2D eigenvalue weighted by Gasteiger charge is -2.29. The first kappa shape index (κ1) is 24.7. The number of halogens is 1. The van der Waals surface area contributed by atoms with Crippen molar-refractivity contribution in [1.29, 1.82) is 0 Å². The van der Waals surface area contributed by atoms with E-state index in [1.165, 1.54) is 16.7 Å². The summed E-state index contributed by atoms with van der Waals surface area (Å²) in [6, 6.07) is 23.7. The van der Waals surface area contributed by atoms with Gasteiger partial charge in [-0.15, -0.1) is 16.9 Å². The number of aromatic nitrogens is 3. The first-order valence-corrected chi connectivity index (χ1v) is 12.8. The fourth-order valence-electron chi connectivity index (χ4n) is 3.49. The lowest BCUT2D eigenvalue weighted by molar-refractivity contribution is -0.122. The summed E-state index contributed by atoms with van der Waals surface area (Å²) < 4.78 is 5.81. The summed E-state index contributed by atoms with van der Waals surface area (Å²) in [6.07, 6.45) is 1.54. The normalized spacial score (nSPS) is 14.7. The number of H-pyrrole nitrogens is 1. The molecule has 0 atom stereocenters. The number of amides is 2. The molecule has 0 unspecified atom stereocenters. The Morgan fingerprint density at radius 3 is 2.32 bits per heavy atom. The van der Waals surface area contributed by atoms with E-state index in [-0.39, 0.29) is 10.7 Å². The van der Waals surface area contributed by atoms with E-state index in [0.717, 1.165) is 4.90 Å². The highest BCUT2D eigenvalue weighted by Crippen LogP contribution is 2.28. The SMILES string of the molecule is O=C1NC(=S)N(c2ccc(Oc3ccccc3)cc2)C(=O)/C1=C/c1ccc(SCc2n[nH]nc2Cl)cc1. The van der Waals surface area contributed by atoms with Crippen LogP contribution in [0, 0.1) is 0 Å². The van der Waals surface area contributed by atoms with Crippen molar-refractivity contribution in [2.45, 2.75) is 10.6 Å². The number of ether oxygens (including phenoxy) is 1. The smallest absolute Gasteiger partial charge is 0.270 e. The Morgan fingerprint density at radius 1 is 0.946 bits per heavy atom. The van der Waals surface area contributed by atoms with Gasteiger partial charge in [0.25, 0.3) is 11.8 Å². The third kappa shape index (κ3) is 5.72. The van der Waals surface area contributed by atoms with Crippen molar-refractivity contribution in [3.8, 4) is 11.5 Å². The van der Waals surface area contributed by atoms with E-state index < -0.39 is 11.8 Å². The van der Waals surface area contributed by atoms with Crippen molar-refractivity contribution in [2.75, 3.05) is 4.90 Å². The number of carbonyl (C=O) groups is 2. The first-order valence-electron chi connectivity index (χ1n) is 11.0. The molecular weight excluding hydrogens is 530 g/mol. The predicted molar refractivity (Wildman–Crippen MR) is 147 cm³/mol. The van der Waals surface area contributed by atoms with E-state index in [1.54, 1.807) is 30.3 Å². The van der Waals surface area contributed by atoms with Gasteiger partial charge in [0, 0.05) is 10.6 Å². The molecular formula is C26H18ClN5O3S2. The van der Waals surface area contributed by atoms with Gasteiger partial charge < -0.3 is 4.74 Å². The zero-order valence-electron chi connectivity index (χ0n) is 19.1. The van der Waals surface area contributed by atoms with E-state index in [1.807, 2.05) is 54.6 Å². The van der Waals surface area contributed by atoms with Gasteiger partial charge in [0.15, 0.2) is 10.3 Å². The molecule has 0 aliphatic carbocycles. The minimum absolute atomic E-state index is 0.0159. The minimum Gasteiger partial charge on any atom is -0.457 e. The quantitative estimate of drug-likeness (QED) is 0.139. The number of hydrogen-bond acceptors (Lipinski definition) is 7. The molecule has 2 heterocycles. The van der Waals surface area contributed by atoms with Gasteiger partial charge in [-0.3, -0.25) is 19.8 Å². The van der Waals surface area contributed by atoms with E-state index in [2.05, 4.69) is 20.7 Å². The van der Waals surface area contributed by atoms with Crippen LogP contribution in [-0.2, 0) is 15.3 Å². The van der Waals surface area contributed by atoms with Crippen LogP contribution in [-0.4, -0.2) is 32.3 Å². The van der Waals surface area contributed by atoms with Crippen LogP contribution in [0.25, 0.3) is 6.08 Å². The van der Waals surface area contributed by atoms with Crippen LogP contribution in [0.15, 0.2) is 89.3 Å². The molecule has 1 fully saturated rings. The van der Waals surface area contributed by atoms with Gasteiger partial charge >= 0.3 is 0 Å². The number of para-hydroxylation sites is 1. The van der Waals surface area contributed by atoms with Crippen molar-refractivity contribution in [3.05, 3.63) is 101 Å². The Bertz CT molecular complexity index is 1490. The minimum atomic E-state index is -0.547. The van der Waals surface area contributed by atoms with Crippen molar-refractivity contribution in [3.63, 3.8) is 0 Å². The standard InChI is InChI=1S/C26H18ClN5O3S2/c27-23-22(29-31-30-23)15-37-20-12-6-16(7-13-20)14-21-24(33)28-26(36)32(25(21)34)17-8-10-19(11-9-17)35-18-4-2-1-3-5-18/h1-14H,15H2,(H,28,33,36)(H,29,30,31)/b21-14+. The molecule has 0 saturated carbocycles. The number of anilines is 1. The number of benzene rings is 3. The van der Waals surface area contributed by atoms with E-state index >= 15 is 0 Å². The molecule has 0 bridgehead atoms. The van der Waals surface area contributed by atoms with Crippen LogP contribution in [0.2, 0.25) is 5.15 Å². The predicted octanol–water partition coefficient (Wildman–Crippen LogP) is 5.37. The second kappa shape index (κ2) is 11.0. The molecule has 184 valence electrons. The van der Waals surface area contributed by atoms with E-state index in [0.29, 0.717) is 39.3 Å². The van der Waals surface area contributed by atoms with Crippen molar-refractivity contribution < 1.29 is 14.3 Å². The molecule has 5 rings (SSSR count). The van der Waals surface area contributed by atoms with Crippen molar-refractivity contribution in [1.82, 2.24) is 20.7 Å². The van der Waals surface area contributed by atoms with Crippen LogP contribution in [0.1, 0.15) is 11.3 Å². The second-order valence-corrected chi connectivity index (χ2v) is 9.58. The van der Waals surface area contributed by atoms with Crippen LogP contribution in [0.5, 0.6) is 11.5 Å². The van der Waals surface area contributed by atoms with E-state index in [4.69, 9.17) is 28.6 Å². The van der Waals surface area contributed by atoms with E-state index in [9.17, 15) is 9.59 Å². The molecule has 0 radical (unpaired) electrons. The molecule has 2 N–H and O–H groups in total. The lowest BCUT2D eigenvalue weighted by Crippen LogP contribution is -2.54. The Kier molecular flexibility index (Phi) is 7.31. The summed E-state index contributed by atoms with van der Waals surface area (Å²) in [5.74, 6) is 0.801. The molecule has 1 aliphatic heterocycles.